The molecule has 0 bridgehead atoms. The van der Waals surface area contributed by atoms with Crippen molar-refractivity contribution in [2.24, 2.45) is 5.92 Å². The fraction of sp³-hybridized carbons (Fsp3) is 0.500. The summed E-state index contributed by atoms with van der Waals surface area (Å²) < 4.78 is 5.45. The summed E-state index contributed by atoms with van der Waals surface area (Å²) in [7, 11) is 0. The second kappa shape index (κ2) is 9.38. The van der Waals surface area contributed by atoms with Crippen LogP contribution in [0.1, 0.15) is 38.5 Å². The van der Waals surface area contributed by atoms with Crippen molar-refractivity contribution in [1.29, 1.82) is 0 Å². The molecule has 3 nitrogen and oxygen atoms in total. The Kier molecular flexibility index (Phi) is 7.12. The maximum atomic E-state index is 11.8. The summed E-state index contributed by atoms with van der Waals surface area (Å²) in [6, 6.07) is 7.29. The lowest BCUT2D eigenvalue weighted by atomic mass is 9.87. The van der Waals surface area contributed by atoms with Crippen LogP contribution in [-0.4, -0.2) is 19.1 Å². The van der Waals surface area contributed by atoms with E-state index in [2.05, 4.69) is 17.2 Å². The van der Waals surface area contributed by atoms with Crippen LogP contribution in [0.4, 0.5) is 0 Å². The Bertz CT molecular complexity index is 542. The van der Waals surface area contributed by atoms with Crippen LogP contribution in [0.25, 0.3) is 0 Å². The first kappa shape index (κ1) is 16.7. The van der Waals surface area contributed by atoms with Crippen LogP contribution in [-0.2, 0) is 4.79 Å². The molecule has 1 amide bonds. The monoisotopic (exact) mass is 319 g/mol. The summed E-state index contributed by atoms with van der Waals surface area (Å²) in [6.45, 7) is 0.639. The number of ether oxygens (including phenoxy) is 1. The highest BCUT2D eigenvalue weighted by Gasteiger charge is 2.16. The zero-order valence-corrected chi connectivity index (χ0v) is 13.5. The third-order valence-electron chi connectivity index (χ3n) is 3.83. The number of carbonyl (C=O) groups is 1. The van der Waals surface area contributed by atoms with Gasteiger partial charge in [-0.05, 0) is 30.9 Å². The summed E-state index contributed by atoms with van der Waals surface area (Å²) in [5.74, 6) is 7.06. The van der Waals surface area contributed by atoms with E-state index in [1.165, 1.54) is 32.1 Å². The Labute approximate surface area is 137 Å². The predicted molar refractivity (Wildman–Crippen MR) is 88.9 cm³/mol. The molecule has 1 saturated carbocycles. The molecule has 22 heavy (non-hydrogen) atoms. The fourth-order valence-corrected chi connectivity index (χ4v) is 2.85. The average Bonchev–Trinajstić information content (AvgIpc) is 2.53. The van der Waals surface area contributed by atoms with Gasteiger partial charge in [0.2, 0.25) is 5.91 Å². The Balaban J connectivity index is 1.60. The lowest BCUT2D eigenvalue weighted by Crippen LogP contribution is -2.26. The molecule has 1 aliphatic carbocycles. The smallest absolute Gasteiger partial charge is 0.221 e. The van der Waals surface area contributed by atoms with Gasteiger partial charge in [0.1, 0.15) is 12.4 Å². The second-order valence-electron chi connectivity index (χ2n) is 5.56. The van der Waals surface area contributed by atoms with Crippen LogP contribution in [0.3, 0.4) is 0 Å². The molecule has 0 unspecified atom stereocenters. The minimum Gasteiger partial charge on any atom is -0.479 e. The molecule has 0 atom stereocenters. The van der Waals surface area contributed by atoms with Gasteiger partial charge < -0.3 is 10.1 Å². The topological polar surface area (TPSA) is 38.3 Å². The molecule has 1 fully saturated rings. The van der Waals surface area contributed by atoms with Crippen LogP contribution in [0.5, 0.6) is 5.75 Å². The van der Waals surface area contributed by atoms with Crippen LogP contribution >= 0.6 is 11.6 Å². The Morgan fingerprint density at radius 1 is 1.23 bits per heavy atom. The van der Waals surface area contributed by atoms with Crippen molar-refractivity contribution in [3.63, 3.8) is 0 Å². The molecular weight excluding hydrogens is 298 g/mol. The van der Waals surface area contributed by atoms with E-state index >= 15 is 0 Å². The molecule has 0 aliphatic heterocycles. The highest BCUT2D eigenvalue weighted by Crippen LogP contribution is 2.26. The first-order valence-corrected chi connectivity index (χ1v) is 8.23. The second-order valence-corrected chi connectivity index (χ2v) is 5.96. The third-order valence-corrected chi connectivity index (χ3v) is 4.15. The standard InChI is InChI=1S/C18H22ClNO2/c19-16-10-4-5-11-17(16)22-13-7-6-12-20-18(21)14-15-8-2-1-3-9-15/h4-5,10-11,15H,1-3,8-9,12-14H2,(H,20,21). The maximum absolute atomic E-state index is 11.8. The molecule has 1 aromatic rings. The summed E-state index contributed by atoms with van der Waals surface area (Å²) in [4.78, 5) is 11.8. The van der Waals surface area contributed by atoms with E-state index in [-0.39, 0.29) is 12.5 Å². The lowest BCUT2D eigenvalue weighted by Gasteiger charge is -2.20. The summed E-state index contributed by atoms with van der Waals surface area (Å²) in [5.41, 5.74) is 0. The predicted octanol–water partition coefficient (Wildman–Crippen LogP) is 3.81. The molecule has 118 valence electrons. The number of nitrogens with one attached hydrogen (secondary N) is 1. The van der Waals surface area contributed by atoms with Gasteiger partial charge in [0, 0.05) is 6.42 Å². The van der Waals surface area contributed by atoms with Crippen LogP contribution < -0.4 is 10.1 Å². The lowest BCUT2D eigenvalue weighted by molar-refractivity contribution is -0.122. The summed E-state index contributed by atoms with van der Waals surface area (Å²) in [6.07, 6.45) is 6.84. The van der Waals surface area contributed by atoms with Gasteiger partial charge in [0.05, 0.1) is 11.6 Å². The van der Waals surface area contributed by atoms with Crippen molar-refractivity contribution in [3.05, 3.63) is 29.3 Å². The SMILES string of the molecule is O=C(CC1CCCCC1)NCC#CCOc1ccccc1Cl. The van der Waals surface area contributed by atoms with Gasteiger partial charge in [-0.25, -0.2) is 0 Å². The maximum Gasteiger partial charge on any atom is 0.221 e. The van der Waals surface area contributed by atoms with Crippen LogP contribution in [0, 0.1) is 17.8 Å². The van der Waals surface area contributed by atoms with Crippen molar-refractivity contribution in [1.82, 2.24) is 5.32 Å². The van der Waals surface area contributed by atoms with Gasteiger partial charge in [-0.2, -0.15) is 0 Å². The number of carbonyl (C=O) groups excluding carboxylic acids is 1. The molecule has 0 heterocycles. The number of benzene rings is 1. The first-order valence-electron chi connectivity index (χ1n) is 7.85. The first-order chi connectivity index (χ1) is 10.8. The number of amides is 1. The van der Waals surface area contributed by atoms with Gasteiger partial charge in [0.15, 0.2) is 0 Å². The summed E-state index contributed by atoms with van der Waals surface area (Å²) in [5, 5.41) is 3.42. The highest BCUT2D eigenvalue weighted by molar-refractivity contribution is 6.32. The molecule has 1 aromatic carbocycles. The molecule has 0 saturated heterocycles. The van der Waals surface area contributed by atoms with Crippen LogP contribution in [0.15, 0.2) is 24.3 Å². The largest absolute Gasteiger partial charge is 0.479 e. The van der Waals surface area contributed by atoms with E-state index in [0.717, 1.165) is 0 Å². The quantitative estimate of drug-likeness (QED) is 0.838. The molecule has 2 rings (SSSR count). The van der Waals surface area contributed by atoms with E-state index in [0.29, 0.717) is 29.7 Å². The molecule has 0 spiro atoms. The number of hydrogen-bond acceptors (Lipinski definition) is 2. The molecule has 4 heteroatoms. The van der Waals surface area contributed by atoms with E-state index in [9.17, 15) is 4.79 Å². The van der Waals surface area contributed by atoms with E-state index < -0.39 is 0 Å². The normalized spacial score (nSPS) is 14.8. The molecule has 1 aliphatic rings. The van der Waals surface area contributed by atoms with Crippen molar-refractivity contribution in [2.75, 3.05) is 13.2 Å². The zero-order valence-electron chi connectivity index (χ0n) is 12.7. The van der Waals surface area contributed by atoms with Crippen molar-refractivity contribution >= 4 is 17.5 Å². The molecular formula is C18H22ClNO2. The Morgan fingerprint density at radius 3 is 2.77 bits per heavy atom. The minimum atomic E-state index is 0.105. The number of rotatable bonds is 5. The van der Waals surface area contributed by atoms with E-state index in [1.54, 1.807) is 12.1 Å². The van der Waals surface area contributed by atoms with E-state index in [1.807, 2.05) is 12.1 Å². The Hall–Kier alpha value is -1.66. The number of para-hydroxylation sites is 1. The fourth-order valence-electron chi connectivity index (χ4n) is 2.66. The number of hydrogen-bond donors (Lipinski definition) is 1. The molecule has 0 radical (unpaired) electrons. The van der Waals surface area contributed by atoms with Gasteiger partial charge >= 0.3 is 0 Å². The zero-order chi connectivity index (χ0) is 15.6. The van der Waals surface area contributed by atoms with Gasteiger partial charge in [-0.3, -0.25) is 4.79 Å². The number of halogens is 1. The van der Waals surface area contributed by atoms with Crippen molar-refractivity contribution in [3.8, 4) is 17.6 Å². The van der Waals surface area contributed by atoms with Crippen molar-refractivity contribution in [2.45, 2.75) is 38.5 Å². The average molecular weight is 320 g/mol. The van der Waals surface area contributed by atoms with Crippen LogP contribution in [0.2, 0.25) is 5.02 Å². The third kappa shape index (κ3) is 5.99. The minimum absolute atomic E-state index is 0.105. The molecule has 0 aromatic heterocycles. The van der Waals surface area contributed by atoms with Gasteiger partial charge in [0.25, 0.3) is 0 Å². The van der Waals surface area contributed by atoms with Gasteiger partial charge in [-0.1, -0.05) is 54.8 Å². The van der Waals surface area contributed by atoms with Gasteiger partial charge in [-0.15, -0.1) is 0 Å². The summed E-state index contributed by atoms with van der Waals surface area (Å²) >= 11 is 5.97. The Morgan fingerprint density at radius 2 is 2.00 bits per heavy atom. The molecule has 1 N–H and O–H groups in total. The van der Waals surface area contributed by atoms with E-state index in [4.69, 9.17) is 16.3 Å². The van der Waals surface area contributed by atoms with Crippen molar-refractivity contribution < 1.29 is 9.53 Å². The highest BCUT2D eigenvalue weighted by atomic mass is 35.5.